The van der Waals surface area contributed by atoms with E-state index in [-0.39, 0.29) is 29.2 Å². The summed E-state index contributed by atoms with van der Waals surface area (Å²) in [5, 5.41) is 3.15. The monoisotopic (exact) mass is 513 g/mol. The molecule has 0 amide bonds. The van der Waals surface area contributed by atoms with Gasteiger partial charge in [-0.2, -0.15) is 0 Å². The molecule has 1 fully saturated rings. The summed E-state index contributed by atoms with van der Waals surface area (Å²) < 4.78 is 45.4. The second-order valence-corrected chi connectivity index (χ2v) is 9.13. The van der Waals surface area contributed by atoms with E-state index < -0.39 is 11.6 Å². The molecule has 1 N–H and O–H groups in total. The molecule has 0 saturated carbocycles. The third-order valence-corrected chi connectivity index (χ3v) is 6.38. The Balaban J connectivity index is 1.32. The molecule has 198 valence electrons. The van der Waals surface area contributed by atoms with Crippen LogP contribution in [0.5, 0.6) is 17.2 Å². The van der Waals surface area contributed by atoms with E-state index in [9.17, 15) is 8.78 Å². The Labute approximate surface area is 216 Å². The molecular weight excluding hydrogens is 480 g/mol. The van der Waals surface area contributed by atoms with Crippen molar-refractivity contribution in [2.24, 2.45) is 0 Å². The van der Waals surface area contributed by atoms with Crippen molar-refractivity contribution in [2.45, 2.75) is 20.5 Å². The van der Waals surface area contributed by atoms with E-state index in [0.29, 0.717) is 12.6 Å². The maximum Gasteiger partial charge on any atom is 0.227 e. The number of aryl methyl sites for hydroxylation is 2. The summed E-state index contributed by atoms with van der Waals surface area (Å²) in [6.07, 6.45) is 2.89. The number of aromatic nitrogens is 2. The number of methoxy groups -OCH3 is 1. The Morgan fingerprint density at radius 2 is 1.65 bits per heavy atom. The van der Waals surface area contributed by atoms with Crippen molar-refractivity contribution in [2.75, 3.05) is 58.8 Å². The van der Waals surface area contributed by atoms with E-state index in [4.69, 9.17) is 14.2 Å². The molecule has 2 aromatic carbocycles. The molecular formula is C27H33F2N5O3. The maximum absolute atomic E-state index is 14.5. The summed E-state index contributed by atoms with van der Waals surface area (Å²) in [5.74, 6) is -0.0502. The minimum Gasteiger partial charge on any atom is -0.494 e. The lowest BCUT2D eigenvalue weighted by Crippen LogP contribution is -2.45. The number of nitrogens with one attached hydrogen (secondary N) is 1. The lowest BCUT2D eigenvalue weighted by molar-refractivity contribution is 0.133. The quantitative estimate of drug-likeness (QED) is 0.430. The van der Waals surface area contributed by atoms with Gasteiger partial charge in [-0.3, -0.25) is 4.90 Å². The van der Waals surface area contributed by atoms with Gasteiger partial charge in [0, 0.05) is 44.5 Å². The normalized spacial score (nSPS) is 14.4. The van der Waals surface area contributed by atoms with Crippen LogP contribution in [0, 0.1) is 25.5 Å². The molecule has 0 aliphatic carbocycles. The van der Waals surface area contributed by atoms with Crippen molar-refractivity contribution in [3.8, 4) is 17.2 Å². The Bertz CT molecular complexity index is 1200. The number of rotatable bonds is 10. The number of nitrogens with zero attached hydrogens (tertiary/aromatic N) is 4. The lowest BCUT2D eigenvalue weighted by atomic mass is 10.1. The van der Waals surface area contributed by atoms with E-state index in [1.165, 1.54) is 25.6 Å². The Morgan fingerprint density at radius 1 is 0.919 bits per heavy atom. The van der Waals surface area contributed by atoms with Gasteiger partial charge in [-0.1, -0.05) is 6.07 Å². The van der Waals surface area contributed by atoms with Crippen molar-refractivity contribution in [3.05, 3.63) is 65.0 Å². The molecule has 1 aliphatic rings. The maximum atomic E-state index is 14.5. The zero-order chi connectivity index (χ0) is 26.4. The van der Waals surface area contributed by atoms with Crippen LogP contribution < -0.4 is 19.5 Å². The molecule has 37 heavy (non-hydrogen) atoms. The van der Waals surface area contributed by atoms with Crippen molar-refractivity contribution < 1.29 is 23.0 Å². The first-order valence-corrected chi connectivity index (χ1v) is 12.2. The number of ether oxygens (including phenoxy) is 3. The highest BCUT2D eigenvalue weighted by molar-refractivity contribution is 5.57. The van der Waals surface area contributed by atoms with Gasteiger partial charge < -0.3 is 24.4 Å². The SMILES string of the molecule is COc1cc(C)c(F)c(COc2cnc(Nc3ccc(C)c(OCCN4CCN(C)CC4)c3)nc2)c1F. The zero-order valence-electron chi connectivity index (χ0n) is 21.7. The van der Waals surface area contributed by atoms with Gasteiger partial charge in [0.05, 0.1) is 25.1 Å². The third-order valence-electron chi connectivity index (χ3n) is 6.38. The molecule has 0 unspecified atom stereocenters. The molecule has 4 rings (SSSR count). The fourth-order valence-corrected chi connectivity index (χ4v) is 4.01. The smallest absolute Gasteiger partial charge is 0.227 e. The molecule has 3 aromatic rings. The first kappa shape index (κ1) is 26.6. The molecule has 2 heterocycles. The molecule has 1 aliphatic heterocycles. The van der Waals surface area contributed by atoms with Crippen LogP contribution in [-0.2, 0) is 6.61 Å². The molecule has 1 saturated heterocycles. The third kappa shape index (κ3) is 6.84. The fraction of sp³-hybridized carbons (Fsp3) is 0.407. The largest absolute Gasteiger partial charge is 0.494 e. The van der Waals surface area contributed by atoms with Gasteiger partial charge in [0.2, 0.25) is 5.95 Å². The summed E-state index contributed by atoms with van der Waals surface area (Å²) >= 11 is 0. The van der Waals surface area contributed by atoms with E-state index in [0.717, 1.165) is 49.7 Å². The van der Waals surface area contributed by atoms with Gasteiger partial charge >= 0.3 is 0 Å². The van der Waals surface area contributed by atoms with Crippen molar-refractivity contribution in [1.82, 2.24) is 19.8 Å². The number of anilines is 2. The average Bonchev–Trinajstić information content (AvgIpc) is 2.90. The number of hydrogen-bond acceptors (Lipinski definition) is 8. The summed E-state index contributed by atoms with van der Waals surface area (Å²) in [5.41, 5.74) is 1.89. The van der Waals surface area contributed by atoms with Crippen LogP contribution in [0.1, 0.15) is 16.7 Å². The summed E-state index contributed by atoms with van der Waals surface area (Å²) in [7, 11) is 3.48. The first-order valence-electron chi connectivity index (χ1n) is 12.2. The van der Waals surface area contributed by atoms with Crippen molar-refractivity contribution in [1.29, 1.82) is 0 Å². The number of hydrogen-bond donors (Lipinski definition) is 1. The molecule has 0 atom stereocenters. The Hall–Kier alpha value is -3.50. The molecule has 8 nitrogen and oxygen atoms in total. The Kier molecular flexibility index (Phi) is 8.73. The van der Waals surface area contributed by atoms with Crippen LogP contribution >= 0.6 is 0 Å². The van der Waals surface area contributed by atoms with Crippen LogP contribution in [0.3, 0.4) is 0 Å². The van der Waals surface area contributed by atoms with E-state index in [1.54, 1.807) is 6.92 Å². The summed E-state index contributed by atoms with van der Waals surface area (Å²) in [4.78, 5) is 13.2. The van der Waals surface area contributed by atoms with Crippen LogP contribution in [0.15, 0.2) is 36.7 Å². The van der Waals surface area contributed by atoms with Gasteiger partial charge in [-0.25, -0.2) is 18.7 Å². The van der Waals surface area contributed by atoms with Gasteiger partial charge in [0.25, 0.3) is 0 Å². The van der Waals surface area contributed by atoms with Crippen LogP contribution in [0.2, 0.25) is 0 Å². The number of piperazine rings is 1. The van der Waals surface area contributed by atoms with Gasteiger partial charge in [-0.05, 0) is 44.2 Å². The van der Waals surface area contributed by atoms with E-state index >= 15 is 0 Å². The minimum absolute atomic E-state index is 0.0333. The molecule has 0 bridgehead atoms. The van der Waals surface area contributed by atoms with Crippen LogP contribution in [0.4, 0.5) is 20.4 Å². The predicted octanol–water partition coefficient (Wildman–Crippen LogP) is 4.33. The molecule has 10 heteroatoms. The minimum atomic E-state index is -0.786. The van der Waals surface area contributed by atoms with Crippen molar-refractivity contribution >= 4 is 11.6 Å². The molecule has 1 aromatic heterocycles. The van der Waals surface area contributed by atoms with Crippen LogP contribution in [-0.4, -0.2) is 73.3 Å². The highest BCUT2D eigenvalue weighted by atomic mass is 19.1. The van der Waals surface area contributed by atoms with Gasteiger partial charge in [0.1, 0.15) is 24.8 Å². The highest BCUT2D eigenvalue weighted by Crippen LogP contribution is 2.28. The fourth-order valence-electron chi connectivity index (χ4n) is 4.01. The molecule has 0 spiro atoms. The van der Waals surface area contributed by atoms with Crippen molar-refractivity contribution in [3.63, 3.8) is 0 Å². The standard InChI is InChI=1S/C27H33F2N5O3/c1-18-5-6-20(14-23(18)36-12-11-34-9-7-33(3)8-10-34)32-27-30-15-21(16-31-27)37-17-22-25(28)19(2)13-24(35-4)26(22)29/h5-6,13-16H,7-12,17H2,1-4H3,(H,30,31,32). The van der Waals surface area contributed by atoms with E-state index in [2.05, 4.69) is 32.1 Å². The van der Waals surface area contributed by atoms with E-state index in [1.807, 2.05) is 25.1 Å². The highest BCUT2D eigenvalue weighted by Gasteiger charge is 2.18. The lowest BCUT2D eigenvalue weighted by Gasteiger charge is -2.32. The van der Waals surface area contributed by atoms with Gasteiger partial charge in [-0.15, -0.1) is 0 Å². The summed E-state index contributed by atoms with van der Waals surface area (Å²) in [6, 6.07) is 7.13. The Morgan fingerprint density at radius 3 is 2.35 bits per heavy atom. The first-order chi connectivity index (χ1) is 17.8. The number of likely N-dealkylation sites (N-methyl/N-ethyl adjacent to an activating group) is 1. The predicted molar refractivity (Wildman–Crippen MR) is 138 cm³/mol. The number of benzene rings is 2. The van der Waals surface area contributed by atoms with Crippen LogP contribution in [0.25, 0.3) is 0 Å². The second kappa shape index (κ2) is 12.2. The molecule has 0 radical (unpaired) electrons. The summed E-state index contributed by atoms with van der Waals surface area (Å²) in [6.45, 7) is 9.00. The average molecular weight is 514 g/mol. The topological polar surface area (TPSA) is 72.0 Å². The van der Waals surface area contributed by atoms with Gasteiger partial charge in [0.15, 0.2) is 17.3 Å². The zero-order valence-corrected chi connectivity index (χ0v) is 21.7. The second-order valence-electron chi connectivity index (χ2n) is 9.13. The number of halogens is 2.